The van der Waals surface area contributed by atoms with E-state index in [4.69, 9.17) is 0 Å². The normalized spacial score (nSPS) is 11.0. The Morgan fingerprint density at radius 3 is 2.94 bits per heavy atom. The van der Waals surface area contributed by atoms with E-state index in [0.717, 1.165) is 32.0 Å². The first-order valence-corrected chi connectivity index (χ1v) is 6.55. The quantitative estimate of drug-likeness (QED) is 0.811. The lowest BCUT2D eigenvalue weighted by molar-refractivity contribution is 0.610. The summed E-state index contributed by atoms with van der Waals surface area (Å²) in [5.74, 6) is 0.991. The zero-order chi connectivity index (χ0) is 12.8. The summed E-state index contributed by atoms with van der Waals surface area (Å²) in [6, 6.07) is 2.16. The van der Waals surface area contributed by atoms with Gasteiger partial charge >= 0.3 is 0 Å². The lowest BCUT2D eigenvalue weighted by atomic mass is 10.3. The first kappa shape index (κ1) is 12.8. The minimum atomic E-state index is 0.757. The predicted octanol–water partition coefficient (Wildman–Crippen LogP) is 1.80. The second-order valence-electron chi connectivity index (χ2n) is 4.39. The third-order valence-corrected chi connectivity index (χ3v) is 2.94. The van der Waals surface area contributed by atoms with Gasteiger partial charge in [-0.1, -0.05) is 6.92 Å². The maximum absolute atomic E-state index is 4.10. The highest BCUT2D eigenvalue weighted by Gasteiger charge is 2.02. The first-order valence-electron chi connectivity index (χ1n) is 6.55. The molecule has 0 aliphatic carbocycles. The molecule has 0 aromatic carbocycles. The molecule has 0 fully saturated rings. The Balaban J connectivity index is 1.81. The van der Waals surface area contributed by atoms with E-state index in [0.29, 0.717) is 0 Å². The Morgan fingerprint density at radius 1 is 1.28 bits per heavy atom. The topological polar surface area (TPSA) is 47.7 Å². The lowest BCUT2D eigenvalue weighted by Gasteiger charge is -2.04. The Hall–Kier alpha value is -1.62. The molecule has 2 aromatic heterocycles. The molecule has 5 nitrogen and oxygen atoms in total. The van der Waals surface area contributed by atoms with E-state index >= 15 is 0 Å². The largest absolute Gasteiger partial charge is 0.354 e. The van der Waals surface area contributed by atoms with Gasteiger partial charge in [-0.25, -0.2) is 0 Å². The van der Waals surface area contributed by atoms with Gasteiger partial charge in [0.2, 0.25) is 0 Å². The van der Waals surface area contributed by atoms with E-state index in [9.17, 15) is 0 Å². The van der Waals surface area contributed by atoms with Crippen LogP contribution in [-0.4, -0.2) is 19.3 Å². The molecule has 0 saturated carbocycles. The predicted molar refractivity (Wildman–Crippen MR) is 71.0 cm³/mol. The van der Waals surface area contributed by atoms with Crippen molar-refractivity contribution in [3.63, 3.8) is 0 Å². The van der Waals surface area contributed by atoms with Gasteiger partial charge in [0.25, 0.3) is 0 Å². The molecule has 0 aliphatic heterocycles. The van der Waals surface area contributed by atoms with Crippen LogP contribution in [0.4, 0.5) is 0 Å². The van der Waals surface area contributed by atoms with E-state index in [1.165, 1.54) is 12.0 Å². The molecule has 98 valence electrons. The molecule has 0 aliphatic rings. The summed E-state index contributed by atoms with van der Waals surface area (Å²) in [4.78, 5) is 0. The molecule has 1 N–H and O–H groups in total. The van der Waals surface area contributed by atoms with Crippen LogP contribution in [0.15, 0.2) is 24.8 Å². The minimum Gasteiger partial charge on any atom is -0.354 e. The summed E-state index contributed by atoms with van der Waals surface area (Å²) in [6.07, 6.45) is 7.27. The van der Waals surface area contributed by atoms with E-state index in [-0.39, 0.29) is 0 Å². The van der Waals surface area contributed by atoms with Crippen LogP contribution in [0.3, 0.4) is 0 Å². The number of nitrogens with one attached hydrogen (secondary N) is 1. The van der Waals surface area contributed by atoms with Crippen LogP contribution < -0.4 is 5.32 Å². The fraction of sp³-hybridized carbons (Fsp3) is 0.538. The monoisotopic (exact) mass is 247 g/mol. The Bertz CT molecular complexity index is 471. The second-order valence-corrected chi connectivity index (χ2v) is 4.39. The molecule has 0 saturated heterocycles. The molecule has 18 heavy (non-hydrogen) atoms. The number of rotatable bonds is 7. The van der Waals surface area contributed by atoms with Crippen molar-refractivity contribution in [2.24, 2.45) is 0 Å². The van der Waals surface area contributed by atoms with Crippen LogP contribution in [0.5, 0.6) is 0 Å². The van der Waals surface area contributed by atoms with E-state index in [1.54, 1.807) is 6.33 Å². The number of aryl methyl sites for hydroxylation is 2. The molecular weight excluding hydrogens is 226 g/mol. The van der Waals surface area contributed by atoms with E-state index < -0.39 is 0 Å². The summed E-state index contributed by atoms with van der Waals surface area (Å²) in [5.41, 5.74) is 1.31. The van der Waals surface area contributed by atoms with Crippen molar-refractivity contribution in [1.82, 2.24) is 24.6 Å². The molecule has 0 radical (unpaired) electrons. The van der Waals surface area contributed by atoms with Crippen LogP contribution in [0.1, 0.15) is 31.7 Å². The summed E-state index contributed by atoms with van der Waals surface area (Å²) in [5, 5.41) is 11.4. The van der Waals surface area contributed by atoms with Gasteiger partial charge in [0, 0.05) is 32.0 Å². The van der Waals surface area contributed by atoms with Gasteiger partial charge in [-0.15, -0.1) is 10.2 Å². The Morgan fingerprint density at radius 2 is 2.17 bits per heavy atom. The fourth-order valence-corrected chi connectivity index (χ4v) is 1.99. The summed E-state index contributed by atoms with van der Waals surface area (Å²) in [6.45, 7) is 7.91. The Labute approximate surface area is 108 Å². The zero-order valence-electron chi connectivity index (χ0n) is 11.1. The van der Waals surface area contributed by atoms with Crippen molar-refractivity contribution in [2.75, 3.05) is 0 Å². The van der Waals surface area contributed by atoms with Crippen molar-refractivity contribution in [3.05, 3.63) is 36.2 Å². The smallest absolute Gasteiger partial charge is 0.146 e. The van der Waals surface area contributed by atoms with Gasteiger partial charge in [0.05, 0.1) is 6.54 Å². The number of hydrogen-bond donors (Lipinski definition) is 1. The molecule has 0 spiro atoms. The van der Waals surface area contributed by atoms with Gasteiger partial charge in [-0.05, 0) is 25.0 Å². The molecule has 5 heteroatoms. The van der Waals surface area contributed by atoms with Crippen molar-refractivity contribution in [2.45, 2.75) is 46.4 Å². The fourth-order valence-electron chi connectivity index (χ4n) is 1.99. The van der Waals surface area contributed by atoms with E-state index in [2.05, 4.69) is 57.0 Å². The Kier molecular flexibility index (Phi) is 4.52. The molecule has 2 aromatic rings. The van der Waals surface area contributed by atoms with Crippen molar-refractivity contribution in [3.8, 4) is 0 Å². The first-order chi connectivity index (χ1) is 8.83. The summed E-state index contributed by atoms with van der Waals surface area (Å²) < 4.78 is 4.28. The number of hydrogen-bond acceptors (Lipinski definition) is 3. The molecule has 2 rings (SSSR count). The highest BCUT2D eigenvalue weighted by molar-refractivity contribution is 5.09. The molecule has 0 unspecified atom stereocenters. The van der Waals surface area contributed by atoms with Crippen LogP contribution in [-0.2, 0) is 26.2 Å². The molecule has 0 bridgehead atoms. The highest BCUT2D eigenvalue weighted by atomic mass is 15.3. The molecule has 2 heterocycles. The molecular formula is C13H21N5. The van der Waals surface area contributed by atoms with Crippen molar-refractivity contribution >= 4 is 0 Å². The van der Waals surface area contributed by atoms with Gasteiger partial charge in [0.1, 0.15) is 12.2 Å². The average Bonchev–Trinajstić information content (AvgIpc) is 2.99. The molecule has 0 atom stereocenters. The SMILES string of the molecule is CCCn1ccc(CNCc2nncn2CC)c1. The van der Waals surface area contributed by atoms with Crippen LogP contribution in [0.2, 0.25) is 0 Å². The highest BCUT2D eigenvalue weighted by Crippen LogP contribution is 2.02. The summed E-state index contributed by atoms with van der Waals surface area (Å²) in [7, 11) is 0. The van der Waals surface area contributed by atoms with Crippen molar-refractivity contribution < 1.29 is 0 Å². The third kappa shape index (κ3) is 3.20. The van der Waals surface area contributed by atoms with Crippen molar-refractivity contribution in [1.29, 1.82) is 0 Å². The van der Waals surface area contributed by atoms with Gasteiger partial charge < -0.3 is 14.5 Å². The standard InChI is InChI=1S/C13H21N5/c1-3-6-17-7-5-12(10-17)8-14-9-13-16-15-11-18(13)4-2/h5,7,10-11,14H,3-4,6,8-9H2,1-2H3. The minimum absolute atomic E-state index is 0.757. The lowest BCUT2D eigenvalue weighted by Crippen LogP contribution is -2.16. The van der Waals surface area contributed by atoms with Crippen LogP contribution in [0.25, 0.3) is 0 Å². The van der Waals surface area contributed by atoms with Gasteiger partial charge in [-0.3, -0.25) is 0 Å². The van der Waals surface area contributed by atoms with Crippen LogP contribution >= 0.6 is 0 Å². The van der Waals surface area contributed by atoms with Gasteiger partial charge in [-0.2, -0.15) is 0 Å². The maximum atomic E-state index is 4.10. The second kappa shape index (κ2) is 6.35. The molecule has 0 amide bonds. The maximum Gasteiger partial charge on any atom is 0.146 e. The van der Waals surface area contributed by atoms with Gasteiger partial charge in [0.15, 0.2) is 0 Å². The third-order valence-electron chi connectivity index (χ3n) is 2.94. The van der Waals surface area contributed by atoms with E-state index in [1.807, 2.05) is 0 Å². The van der Waals surface area contributed by atoms with Crippen LogP contribution in [0, 0.1) is 0 Å². The number of aromatic nitrogens is 4. The average molecular weight is 247 g/mol. The summed E-state index contributed by atoms with van der Waals surface area (Å²) >= 11 is 0. The number of nitrogens with zero attached hydrogens (tertiary/aromatic N) is 4. The zero-order valence-corrected chi connectivity index (χ0v) is 11.1.